The number of Topliss-reactive ketones (excluding diaryl/α,β-unsaturated/α-hetero) is 1. The molecule has 1 atom stereocenters. The van der Waals surface area contributed by atoms with Crippen LogP contribution in [0.3, 0.4) is 0 Å². The zero-order chi connectivity index (χ0) is 26.4. The minimum atomic E-state index is -0.860. The summed E-state index contributed by atoms with van der Waals surface area (Å²) in [6.45, 7) is 7.65. The van der Waals surface area contributed by atoms with E-state index >= 15 is 0 Å². The fourth-order valence-electron chi connectivity index (χ4n) is 4.99. The third kappa shape index (κ3) is 4.27. The molecule has 1 aromatic heterocycles. The molecule has 0 radical (unpaired) electrons. The number of nitrogens with one attached hydrogen (secondary N) is 1. The van der Waals surface area contributed by atoms with Crippen molar-refractivity contribution in [3.8, 4) is 5.75 Å². The standard InChI is InChI=1S/C30H27ClN2O4/c1-16(2)37-24-13-12-19(14-17(24)3)28(34)26-27(25-18(4)32-23-11-6-5-10-22(23)25)33(30(36)29(26)35)21-9-7-8-20(31)15-21/h5-16,27,32,34H,1-4H3/b28-26+. The summed E-state index contributed by atoms with van der Waals surface area (Å²) in [4.78, 5) is 31.9. The van der Waals surface area contributed by atoms with Crippen LogP contribution in [0.2, 0.25) is 5.02 Å². The van der Waals surface area contributed by atoms with Crippen LogP contribution >= 0.6 is 11.6 Å². The predicted octanol–water partition coefficient (Wildman–Crippen LogP) is 6.85. The third-order valence-electron chi connectivity index (χ3n) is 6.56. The van der Waals surface area contributed by atoms with Crippen molar-refractivity contribution in [2.45, 2.75) is 39.8 Å². The molecule has 1 amide bonds. The lowest BCUT2D eigenvalue weighted by Crippen LogP contribution is -2.29. The molecule has 5 rings (SSSR count). The van der Waals surface area contributed by atoms with Crippen molar-refractivity contribution < 1.29 is 19.4 Å². The summed E-state index contributed by atoms with van der Waals surface area (Å²) in [5.74, 6) is -1.03. The summed E-state index contributed by atoms with van der Waals surface area (Å²) in [5, 5.41) is 12.9. The first-order chi connectivity index (χ1) is 17.7. The molecule has 0 saturated carbocycles. The minimum absolute atomic E-state index is 0.00832. The number of fused-ring (bicyclic) bond motifs is 1. The number of amides is 1. The average Bonchev–Trinajstić information content (AvgIpc) is 3.31. The number of hydrogen-bond acceptors (Lipinski definition) is 4. The summed E-state index contributed by atoms with van der Waals surface area (Å²) in [6, 6.07) is 18.9. The normalized spacial score (nSPS) is 17.2. The lowest BCUT2D eigenvalue weighted by molar-refractivity contribution is -0.132. The van der Waals surface area contributed by atoms with Crippen molar-refractivity contribution in [3.05, 3.63) is 99.7 Å². The number of halogens is 1. The monoisotopic (exact) mass is 514 g/mol. The van der Waals surface area contributed by atoms with Crippen molar-refractivity contribution in [2.75, 3.05) is 4.90 Å². The van der Waals surface area contributed by atoms with Gasteiger partial charge in [0.05, 0.1) is 17.7 Å². The maximum Gasteiger partial charge on any atom is 0.300 e. The van der Waals surface area contributed by atoms with E-state index in [4.69, 9.17) is 16.3 Å². The Bertz CT molecular complexity index is 1580. The lowest BCUT2D eigenvalue weighted by Gasteiger charge is -2.26. The number of ether oxygens (including phenoxy) is 1. The molecule has 188 valence electrons. The predicted molar refractivity (Wildman–Crippen MR) is 146 cm³/mol. The molecule has 0 aliphatic carbocycles. The van der Waals surface area contributed by atoms with Crippen LogP contribution in [0.5, 0.6) is 5.75 Å². The van der Waals surface area contributed by atoms with Gasteiger partial charge < -0.3 is 14.8 Å². The molecule has 1 saturated heterocycles. The van der Waals surface area contributed by atoms with Crippen LogP contribution in [0.25, 0.3) is 16.7 Å². The highest BCUT2D eigenvalue weighted by Crippen LogP contribution is 2.46. The van der Waals surface area contributed by atoms with Gasteiger partial charge in [0.15, 0.2) is 0 Å². The Morgan fingerprint density at radius 1 is 1.03 bits per heavy atom. The topological polar surface area (TPSA) is 82.6 Å². The summed E-state index contributed by atoms with van der Waals surface area (Å²) in [7, 11) is 0. The molecule has 6 nitrogen and oxygen atoms in total. The van der Waals surface area contributed by atoms with Crippen molar-refractivity contribution in [3.63, 3.8) is 0 Å². The molecule has 1 unspecified atom stereocenters. The van der Waals surface area contributed by atoms with Gasteiger partial charge in [-0.25, -0.2) is 0 Å². The number of rotatable bonds is 5. The maximum absolute atomic E-state index is 13.6. The smallest absolute Gasteiger partial charge is 0.300 e. The van der Waals surface area contributed by atoms with E-state index in [1.807, 2.05) is 52.0 Å². The number of hydrogen-bond donors (Lipinski definition) is 2. The number of para-hydroxylation sites is 1. The Balaban J connectivity index is 1.76. The highest BCUT2D eigenvalue weighted by atomic mass is 35.5. The van der Waals surface area contributed by atoms with E-state index in [2.05, 4.69) is 4.98 Å². The summed E-state index contributed by atoms with van der Waals surface area (Å²) < 4.78 is 5.83. The van der Waals surface area contributed by atoms with E-state index in [1.54, 1.807) is 42.5 Å². The average molecular weight is 515 g/mol. The molecular weight excluding hydrogens is 488 g/mol. The number of benzene rings is 3. The first-order valence-corrected chi connectivity index (χ1v) is 12.5. The van der Waals surface area contributed by atoms with Gasteiger partial charge in [0.25, 0.3) is 11.7 Å². The van der Waals surface area contributed by atoms with Gasteiger partial charge in [-0.1, -0.05) is 35.9 Å². The molecule has 37 heavy (non-hydrogen) atoms. The van der Waals surface area contributed by atoms with Gasteiger partial charge in [-0.3, -0.25) is 14.5 Å². The Morgan fingerprint density at radius 2 is 1.78 bits per heavy atom. The molecule has 3 aromatic carbocycles. The van der Waals surface area contributed by atoms with Gasteiger partial charge in [0.2, 0.25) is 0 Å². The van der Waals surface area contributed by atoms with Crippen LogP contribution in [-0.4, -0.2) is 27.9 Å². The quantitative estimate of drug-likeness (QED) is 0.173. The van der Waals surface area contributed by atoms with Crippen LogP contribution in [0.4, 0.5) is 5.69 Å². The molecule has 1 aliphatic heterocycles. The van der Waals surface area contributed by atoms with Crippen molar-refractivity contribution in [1.82, 2.24) is 4.98 Å². The highest BCUT2D eigenvalue weighted by Gasteiger charge is 2.48. The molecule has 2 N–H and O–H groups in total. The Morgan fingerprint density at radius 3 is 2.49 bits per heavy atom. The lowest BCUT2D eigenvalue weighted by atomic mass is 9.92. The number of aromatic nitrogens is 1. The van der Waals surface area contributed by atoms with Gasteiger partial charge in [0, 0.05) is 38.4 Å². The molecule has 7 heteroatoms. The van der Waals surface area contributed by atoms with E-state index in [0.717, 1.165) is 27.7 Å². The van der Waals surface area contributed by atoms with Gasteiger partial charge in [-0.05, 0) is 75.7 Å². The van der Waals surface area contributed by atoms with Gasteiger partial charge >= 0.3 is 0 Å². The number of aryl methyl sites for hydroxylation is 2. The van der Waals surface area contributed by atoms with Crippen LogP contribution in [0, 0.1) is 13.8 Å². The number of aromatic amines is 1. The second-order valence-electron chi connectivity index (χ2n) is 9.51. The first-order valence-electron chi connectivity index (χ1n) is 12.1. The van der Waals surface area contributed by atoms with Crippen LogP contribution < -0.4 is 9.64 Å². The number of H-pyrrole nitrogens is 1. The van der Waals surface area contributed by atoms with Crippen molar-refractivity contribution in [1.29, 1.82) is 0 Å². The number of ketones is 1. The largest absolute Gasteiger partial charge is 0.507 e. The van der Waals surface area contributed by atoms with E-state index in [0.29, 0.717) is 22.0 Å². The van der Waals surface area contributed by atoms with E-state index in [1.165, 1.54) is 4.90 Å². The van der Waals surface area contributed by atoms with Crippen molar-refractivity contribution in [2.24, 2.45) is 0 Å². The highest BCUT2D eigenvalue weighted by molar-refractivity contribution is 6.52. The Labute approximate surface area is 220 Å². The molecule has 0 spiro atoms. The fourth-order valence-corrected chi connectivity index (χ4v) is 5.17. The number of aliphatic hydroxyl groups is 1. The Kier molecular flexibility index (Phi) is 6.30. The summed E-state index contributed by atoms with van der Waals surface area (Å²) >= 11 is 6.27. The van der Waals surface area contributed by atoms with Crippen LogP contribution in [0.1, 0.15) is 42.3 Å². The van der Waals surface area contributed by atoms with Gasteiger partial charge in [0.1, 0.15) is 11.5 Å². The van der Waals surface area contributed by atoms with E-state index < -0.39 is 17.7 Å². The number of aliphatic hydroxyl groups excluding tert-OH is 1. The number of nitrogens with zero attached hydrogens (tertiary/aromatic N) is 1. The van der Waals surface area contributed by atoms with Gasteiger partial charge in [-0.2, -0.15) is 0 Å². The molecule has 0 bridgehead atoms. The number of carbonyl (C=O) groups excluding carboxylic acids is 2. The third-order valence-corrected chi connectivity index (χ3v) is 6.79. The molecule has 2 heterocycles. The molecule has 1 aliphatic rings. The van der Waals surface area contributed by atoms with Crippen molar-refractivity contribution >= 4 is 45.6 Å². The summed E-state index contributed by atoms with van der Waals surface area (Å²) in [6.07, 6.45) is -0.00832. The second kappa shape index (κ2) is 9.45. The molecular formula is C30H27ClN2O4. The zero-order valence-corrected chi connectivity index (χ0v) is 21.8. The zero-order valence-electron chi connectivity index (χ0n) is 21.0. The van der Waals surface area contributed by atoms with Crippen LogP contribution in [0.15, 0.2) is 72.3 Å². The summed E-state index contributed by atoms with van der Waals surface area (Å²) in [5.41, 5.74) is 4.14. The maximum atomic E-state index is 13.6. The fraction of sp³-hybridized carbons (Fsp3) is 0.200. The number of anilines is 1. The van der Waals surface area contributed by atoms with E-state index in [-0.39, 0.29) is 17.4 Å². The van der Waals surface area contributed by atoms with E-state index in [9.17, 15) is 14.7 Å². The molecule has 4 aromatic rings. The Hall–Kier alpha value is -4.03. The number of carbonyl (C=O) groups is 2. The minimum Gasteiger partial charge on any atom is -0.507 e. The second-order valence-corrected chi connectivity index (χ2v) is 9.94. The molecule has 1 fully saturated rings. The van der Waals surface area contributed by atoms with Gasteiger partial charge in [-0.15, -0.1) is 0 Å². The first kappa shape index (κ1) is 24.7. The van der Waals surface area contributed by atoms with Crippen LogP contribution in [-0.2, 0) is 9.59 Å². The SMILES string of the molecule is Cc1cc(/C(O)=C2\C(=O)C(=O)N(c3cccc(Cl)c3)C2c2c(C)[nH]c3ccccc23)ccc1OC(C)C.